The minimum absolute atomic E-state index is 0.0782. The molecule has 5 nitrogen and oxygen atoms in total. The quantitative estimate of drug-likeness (QED) is 0.756. The van der Waals surface area contributed by atoms with E-state index >= 15 is 0 Å². The molecule has 1 amide bonds. The highest BCUT2D eigenvalue weighted by Gasteiger charge is 2.21. The molecule has 1 aliphatic carbocycles. The van der Waals surface area contributed by atoms with Crippen molar-refractivity contribution in [3.05, 3.63) is 28.7 Å². The Morgan fingerprint density at radius 2 is 2.25 bits per heavy atom. The summed E-state index contributed by atoms with van der Waals surface area (Å²) in [6.45, 7) is 0.327. The molecular formula is C11H15N3O2. The van der Waals surface area contributed by atoms with Gasteiger partial charge >= 0.3 is 0 Å². The molecule has 2 rings (SSSR count). The van der Waals surface area contributed by atoms with E-state index in [1.807, 2.05) is 0 Å². The highest BCUT2D eigenvalue weighted by molar-refractivity contribution is 5.92. The highest BCUT2D eigenvalue weighted by atomic mass is 16.2. The number of amides is 1. The van der Waals surface area contributed by atoms with Crippen molar-refractivity contribution < 1.29 is 4.79 Å². The molecule has 0 saturated heterocycles. The molecule has 0 aliphatic heterocycles. The number of pyridine rings is 1. The molecular weight excluding hydrogens is 206 g/mol. The number of carbonyl (C=O) groups is 1. The summed E-state index contributed by atoms with van der Waals surface area (Å²) in [6.07, 6.45) is 3.93. The lowest BCUT2D eigenvalue weighted by molar-refractivity contribution is -0.115. The van der Waals surface area contributed by atoms with E-state index in [4.69, 9.17) is 0 Å². The van der Waals surface area contributed by atoms with Crippen molar-refractivity contribution in [1.29, 1.82) is 0 Å². The van der Waals surface area contributed by atoms with E-state index in [-0.39, 0.29) is 11.5 Å². The standard InChI is InChI=1S/C11H15N3O2/c1-14-7-9(4-5-11(14)16)13-10(15)6-12-8-2-3-8/h4-5,7-8,12H,2-3,6H2,1H3,(H,13,15). The lowest BCUT2D eigenvalue weighted by Crippen LogP contribution is -2.29. The third kappa shape index (κ3) is 2.93. The maximum atomic E-state index is 11.5. The Balaban J connectivity index is 1.89. The van der Waals surface area contributed by atoms with Gasteiger partial charge in [0.05, 0.1) is 12.2 Å². The van der Waals surface area contributed by atoms with Crippen LogP contribution in [0.15, 0.2) is 23.1 Å². The molecule has 5 heteroatoms. The molecule has 2 N–H and O–H groups in total. The number of aromatic nitrogens is 1. The van der Waals surface area contributed by atoms with Gasteiger partial charge in [-0.05, 0) is 18.9 Å². The van der Waals surface area contributed by atoms with Crippen LogP contribution in [0.3, 0.4) is 0 Å². The lowest BCUT2D eigenvalue weighted by atomic mass is 10.4. The molecule has 1 fully saturated rings. The largest absolute Gasteiger partial charge is 0.324 e. The summed E-state index contributed by atoms with van der Waals surface area (Å²) < 4.78 is 1.43. The van der Waals surface area contributed by atoms with Gasteiger partial charge in [-0.25, -0.2) is 0 Å². The first-order valence-electron chi connectivity index (χ1n) is 5.35. The Hall–Kier alpha value is -1.62. The fourth-order valence-electron chi connectivity index (χ4n) is 1.40. The van der Waals surface area contributed by atoms with E-state index in [1.165, 1.54) is 10.6 Å². The molecule has 0 atom stereocenters. The first-order valence-corrected chi connectivity index (χ1v) is 5.35. The van der Waals surface area contributed by atoms with E-state index < -0.39 is 0 Å². The molecule has 1 saturated carbocycles. The van der Waals surface area contributed by atoms with Gasteiger partial charge in [0.15, 0.2) is 0 Å². The molecule has 1 aliphatic rings. The van der Waals surface area contributed by atoms with Gasteiger partial charge in [0, 0.05) is 25.4 Å². The van der Waals surface area contributed by atoms with Crippen LogP contribution in [-0.4, -0.2) is 23.1 Å². The molecule has 0 bridgehead atoms. The Morgan fingerprint density at radius 3 is 2.88 bits per heavy atom. The molecule has 1 aromatic heterocycles. The summed E-state index contributed by atoms with van der Waals surface area (Å²) in [5.41, 5.74) is 0.554. The Bertz CT molecular complexity index is 449. The highest BCUT2D eigenvalue weighted by Crippen LogP contribution is 2.18. The van der Waals surface area contributed by atoms with Gasteiger partial charge < -0.3 is 15.2 Å². The van der Waals surface area contributed by atoms with Crippen molar-refractivity contribution in [3.63, 3.8) is 0 Å². The number of rotatable bonds is 4. The molecule has 1 heterocycles. The molecule has 1 aromatic rings. The lowest BCUT2D eigenvalue weighted by Gasteiger charge is -2.06. The number of anilines is 1. The molecule has 86 valence electrons. The Kier molecular flexibility index (Phi) is 3.05. The fraction of sp³-hybridized carbons (Fsp3) is 0.455. The van der Waals surface area contributed by atoms with Gasteiger partial charge in [-0.2, -0.15) is 0 Å². The smallest absolute Gasteiger partial charge is 0.250 e. The van der Waals surface area contributed by atoms with E-state index in [0.29, 0.717) is 18.3 Å². The van der Waals surface area contributed by atoms with E-state index in [1.54, 1.807) is 19.3 Å². The second kappa shape index (κ2) is 4.49. The van der Waals surface area contributed by atoms with Crippen molar-refractivity contribution >= 4 is 11.6 Å². The van der Waals surface area contributed by atoms with Gasteiger partial charge in [0.25, 0.3) is 0 Å². The fourth-order valence-corrected chi connectivity index (χ4v) is 1.40. The first kappa shape index (κ1) is 10.9. The van der Waals surface area contributed by atoms with Crippen LogP contribution in [0.2, 0.25) is 0 Å². The average Bonchev–Trinajstić information content (AvgIpc) is 3.04. The molecule has 0 aromatic carbocycles. The Morgan fingerprint density at radius 1 is 1.50 bits per heavy atom. The van der Waals surface area contributed by atoms with Gasteiger partial charge in [-0.3, -0.25) is 9.59 Å². The van der Waals surface area contributed by atoms with Crippen LogP contribution in [-0.2, 0) is 11.8 Å². The SMILES string of the molecule is Cn1cc(NC(=O)CNC2CC2)ccc1=O. The van der Waals surface area contributed by atoms with Crippen molar-refractivity contribution in [3.8, 4) is 0 Å². The number of carbonyl (C=O) groups excluding carboxylic acids is 1. The van der Waals surface area contributed by atoms with Crippen LogP contribution in [0.4, 0.5) is 5.69 Å². The summed E-state index contributed by atoms with van der Waals surface area (Å²) in [5.74, 6) is -0.0782. The minimum atomic E-state index is -0.0888. The van der Waals surface area contributed by atoms with Gasteiger partial charge in [-0.1, -0.05) is 0 Å². The maximum Gasteiger partial charge on any atom is 0.250 e. The summed E-state index contributed by atoms with van der Waals surface area (Å²) >= 11 is 0. The van der Waals surface area contributed by atoms with Gasteiger partial charge in [-0.15, -0.1) is 0 Å². The second-order valence-electron chi connectivity index (χ2n) is 4.07. The van der Waals surface area contributed by atoms with E-state index in [9.17, 15) is 9.59 Å². The summed E-state index contributed by atoms with van der Waals surface area (Å²) in [5, 5.41) is 5.85. The molecule has 0 unspecified atom stereocenters. The zero-order chi connectivity index (χ0) is 11.5. The summed E-state index contributed by atoms with van der Waals surface area (Å²) in [4.78, 5) is 22.6. The summed E-state index contributed by atoms with van der Waals surface area (Å²) in [6, 6.07) is 3.56. The number of nitrogens with zero attached hydrogens (tertiary/aromatic N) is 1. The zero-order valence-electron chi connectivity index (χ0n) is 9.19. The molecule has 16 heavy (non-hydrogen) atoms. The number of hydrogen-bond donors (Lipinski definition) is 2. The third-order valence-corrected chi connectivity index (χ3v) is 2.50. The maximum absolute atomic E-state index is 11.5. The van der Waals surface area contributed by atoms with Crippen LogP contribution < -0.4 is 16.2 Å². The predicted molar refractivity (Wildman–Crippen MR) is 61.3 cm³/mol. The number of nitrogens with one attached hydrogen (secondary N) is 2. The van der Waals surface area contributed by atoms with Crippen LogP contribution >= 0.6 is 0 Å². The monoisotopic (exact) mass is 221 g/mol. The van der Waals surface area contributed by atoms with Crippen LogP contribution in [0.5, 0.6) is 0 Å². The first-order chi connectivity index (χ1) is 7.65. The molecule has 0 radical (unpaired) electrons. The van der Waals surface area contributed by atoms with Crippen molar-refractivity contribution in [1.82, 2.24) is 9.88 Å². The number of aryl methyl sites for hydroxylation is 1. The van der Waals surface area contributed by atoms with Crippen molar-refractivity contribution in [2.24, 2.45) is 7.05 Å². The summed E-state index contributed by atoms with van der Waals surface area (Å²) in [7, 11) is 1.65. The van der Waals surface area contributed by atoms with Gasteiger partial charge in [0.2, 0.25) is 11.5 Å². The van der Waals surface area contributed by atoms with Crippen molar-refractivity contribution in [2.45, 2.75) is 18.9 Å². The minimum Gasteiger partial charge on any atom is -0.324 e. The number of hydrogen-bond acceptors (Lipinski definition) is 3. The van der Waals surface area contributed by atoms with E-state index in [0.717, 1.165) is 12.8 Å². The topological polar surface area (TPSA) is 63.1 Å². The van der Waals surface area contributed by atoms with Crippen LogP contribution in [0.1, 0.15) is 12.8 Å². The van der Waals surface area contributed by atoms with Crippen LogP contribution in [0, 0.1) is 0 Å². The third-order valence-electron chi connectivity index (χ3n) is 2.50. The average molecular weight is 221 g/mol. The van der Waals surface area contributed by atoms with Gasteiger partial charge in [0.1, 0.15) is 0 Å². The van der Waals surface area contributed by atoms with Crippen molar-refractivity contribution in [2.75, 3.05) is 11.9 Å². The Labute approximate surface area is 93.5 Å². The van der Waals surface area contributed by atoms with Crippen LogP contribution in [0.25, 0.3) is 0 Å². The molecule has 0 spiro atoms. The predicted octanol–water partition coefficient (Wildman–Crippen LogP) is 0.0758. The second-order valence-corrected chi connectivity index (χ2v) is 4.07. The normalized spacial score (nSPS) is 14.8. The zero-order valence-corrected chi connectivity index (χ0v) is 9.19. The van der Waals surface area contributed by atoms with E-state index in [2.05, 4.69) is 10.6 Å².